The summed E-state index contributed by atoms with van der Waals surface area (Å²) in [4.78, 5) is 15.0. The molecule has 1 atom stereocenters. The molecule has 0 aromatic heterocycles. The first-order chi connectivity index (χ1) is 13.7. The molecule has 0 aliphatic carbocycles. The van der Waals surface area contributed by atoms with E-state index in [1.165, 1.54) is 31.5 Å². The van der Waals surface area contributed by atoms with Crippen LogP contribution in [-0.4, -0.2) is 37.1 Å². The smallest absolute Gasteiger partial charge is 0.261 e. The average molecular weight is 383 g/mol. The highest BCUT2D eigenvalue weighted by atomic mass is 16.5. The standard InChI is InChI=1S/C23H30N2O3/c1-3-22(28-21-8-6-7-20(15-21)27-2)23(26)24-16-18-9-11-19(12-10-18)17-25-13-4-5-14-25/h6-12,15,22H,3-5,13-14,16-17H2,1-2H3,(H,24,26)/t22-/m0/s1. The van der Waals surface area contributed by atoms with Gasteiger partial charge in [-0.05, 0) is 55.6 Å². The average Bonchev–Trinajstić information content (AvgIpc) is 3.24. The van der Waals surface area contributed by atoms with Gasteiger partial charge in [0.2, 0.25) is 0 Å². The molecular weight excluding hydrogens is 352 g/mol. The second kappa shape index (κ2) is 10.1. The summed E-state index contributed by atoms with van der Waals surface area (Å²) in [5.74, 6) is 1.24. The molecule has 1 aliphatic heterocycles. The lowest BCUT2D eigenvalue weighted by Gasteiger charge is -2.18. The lowest BCUT2D eigenvalue weighted by Crippen LogP contribution is -2.37. The number of hydrogen-bond acceptors (Lipinski definition) is 4. The second-order valence-corrected chi connectivity index (χ2v) is 7.21. The summed E-state index contributed by atoms with van der Waals surface area (Å²) in [5, 5.41) is 2.99. The molecule has 2 aromatic rings. The summed E-state index contributed by atoms with van der Waals surface area (Å²) >= 11 is 0. The lowest BCUT2D eigenvalue weighted by atomic mass is 10.1. The molecule has 1 heterocycles. The molecule has 3 rings (SSSR count). The molecule has 0 unspecified atom stereocenters. The van der Waals surface area contributed by atoms with Crippen molar-refractivity contribution >= 4 is 5.91 Å². The number of nitrogens with zero attached hydrogens (tertiary/aromatic N) is 1. The monoisotopic (exact) mass is 382 g/mol. The van der Waals surface area contributed by atoms with Gasteiger partial charge in [-0.1, -0.05) is 37.3 Å². The Hall–Kier alpha value is -2.53. The van der Waals surface area contributed by atoms with E-state index in [-0.39, 0.29) is 5.91 Å². The van der Waals surface area contributed by atoms with Gasteiger partial charge in [-0.3, -0.25) is 9.69 Å². The van der Waals surface area contributed by atoms with Crippen molar-refractivity contribution in [2.75, 3.05) is 20.2 Å². The Bertz CT molecular complexity index is 755. The molecule has 0 spiro atoms. The van der Waals surface area contributed by atoms with Crippen molar-refractivity contribution < 1.29 is 14.3 Å². The molecule has 5 heteroatoms. The van der Waals surface area contributed by atoms with E-state index < -0.39 is 6.10 Å². The number of benzene rings is 2. The van der Waals surface area contributed by atoms with E-state index in [1.54, 1.807) is 13.2 Å². The fourth-order valence-electron chi connectivity index (χ4n) is 3.43. The van der Waals surface area contributed by atoms with Crippen molar-refractivity contribution in [2.45, 2.75) is 45.4 Å². The Morgan fingerprint density at radius 1 is 1.07 bits per heavy atom. The van der Waals surface area contributed by atoms with Gasteiger partial charge in [0.1, 0.15) is 11.5 Å². The van der Waals surface area contributed by atoms with E-state index in [1.807, 2.05) is 25.1 Å². The molecule has 1 fully saturated rings. The van der Waals surface area contributed by atoms with Crippen LogP contribution < -0.4 is 14.8 Å². The Kier molecular flexibility index (Phi) is 7.31. The van der Waals surface area contributed by atoms with Gasteiger partial charge in [-0.2, -0.15) is 0 Å². The van der Waals surface area contributed by atoms with Gasteiger partial charge in [0.25, 0.3) is 5.91 Å². The van der Waals surface area contributed by atoms with Crippen LogP contribution in [-0.2, 0) is 17.9 Å². The lowest BCUT2D eigenvalue weighted by molar-refractivity contribution is -0.128. The first kappa shape index (κ1) is 20.2. The predicted octanol–water partition coefficient (Wildman–Crippen LogP) is 3.76. The molecule has 0 saturated carbocycles. The molecule has 1 N–H and O–H groups in total. The molecule has 1 saturated heterocycles. The molecule has 2 aromatic carbocycles. The van der Waals surface area contributed by atoms with Crippen molar-refractivity contribution in [1.82, 2.24) is 10.2 Å². The molecule has 28 heavy (non-hydrogen) atoms. The largest absolute Gasteiger partial charge is 0.497 e. The minimum absolute atomic E-state index is 0.105. The van der Waals surface area contributed by atoms with Gasteiger partial charge in [-0.15, -0.1) is 0 Å². The Balaban J connectivity index is 1.50. The third-order valence-corrected chi connectivity index (χ3v) is 5.08. The normalized spacial score (nSPS) is 15.2. The zero-order valence-corrected chi connectivity index (χ0v) is 16.8. The van der Waals surface area contributed by atoms with E-state index in [0.717, 1.165) is 12.1 Å². The van der Waals surface area contributed by atoms with E-state index in [2.05, 4.69) is 34.5 Å². The summed E-state index contributed by atoms with van der Waals surface area (Å²) in [5.41, 5.74) is 2.42. The molecule has 150 valence electrons. The van der Waals surface area contributed by atoms with Crippen LogP contribution in [0.25, 0.3) is 0 Å². The van der Waals surface area contributed by atoms with Crippen LogP contribution in [0.5, 0.6) is 11.5 Å². The highest BCUT2D eigenvalue weighted by Gasteiger charge is 2.18. The van der Waals surface area contributed by atoms with Crippen molar-refractivity contribution in [3.8, 4) is 11.5 Å². The first-order valence-corrected chi connectivity index (χ1v) is 10.1. The van der Waals surface area contributed by atoms with E-state index in [4.69, 9.17) is 9.47 Å². The van der Waals surface area contributed by atoms with Crippen LogP contribution in [0.3, 0.4) is 0 Å². The van der Waals surface area contributed by atoms with Crippen molar-refractivity contribution in [3.05, 3.63) is 59.7 Å². The Labute approximate surface area is 167 Å². The van der Waals surface area contributed by atoms with Crippen LogP contribution >= 0.6 is 0 Å². The maximum atomic E-state index is 12.5. The van der Waals surface area contributed by atoms with Gasteiger partial charge < -0.3 is 14.8 Å². The molecular formula is C23H30N2O3. The summed E-state index contributed by atoms with van der Waals surface area (Å²) in [7, 11) is 1.61. The quantitative estimate of drug-likeness (QED) is 0.717. The van der Waals surface area contributed by atoms with Gasteiger partial charge in [0.05, 0.1) is 7.11 Å². The predicted molar refractivity (Wildman–Crippen MR) is 111 cm³/mol. The maximum Gasteiger partial charge on any atom is 0.261 e. The minimum atomic E-state index is -0.526. The summed E-state index contributed by atoms with van der Waals surface area (Å²) in [6.07, 6.45) is 2.68. The topological polar surface area (TPSA) is 50.8 Å². The number of nitrogens with one attached hydrogen (secondary N) is 1. The zero-order chi connectivity index (χ0) is 19.8. The van der Waals surface area contributed by atoms with Crippen LogP contribution in [0.2, 0.25) is 0 Å². The fraction of sp³-hybridized carbons (Fsp3) is 0.435. The van der Waals surface area contributed by atoms with Crippen LogP contribution in [0.1, 0.15) is 37.3 Å². The molecule has 1 amide bonds. The molecule has 1 aliphatic rings. The number of ether oxygens (including phenoxy) is 2. The molecule has 5 nitrogen and oxygen atoms in total. The number of carbonyl (C=O) groups excluding carboxylic acids is 1. The molecule has 0 bridgehead atoms. The highest BCUT2D eigenvalue weighted by Crippen LogP contribution is 2.21. The van der Waals surface area contributed by atoms with E-state index >= 15 is 0 Å². The van der Waals surface area contributed by atoms with Crippen LogP contribution in [0, 0.1) is 0 Å². The van der Waals surface area contributed by atoms with Gasteiger partial charge in [-0.25, -0.2) is 0 Å². The number of amides is 1. The number of hydrogen-bond donors (Lipinski definition) is 1. The Morgan fingerprint density at radius 3 is 2.43 bits per heavy atom. The zero-order valence-electron chi connectivity index (χ0n) is 16.8. The van der Waals surface area contributed by atoms with Crippen molar-refractivity contribution in [1.29, 1.82) is 0 Å². The first-order valence-electron chi connectivity index (χ1n) is 10.1. The number of methoxy groups -OCH3 is 1. The van der Waals surface area contributed by atoms with E-state index in [9.17, 15) is 4.79 Å². The van der Waals surface area contributed by atoms with Gasteiger partial charge in [0.15, 0.2) is 6.10 Å². The molecule has 0 radical (unpaired) electrons. The summed E-state index contributed by atoms with van der Waals surface area (Å²) in [6.45, 7) is 5.85. The van der Waals surface area contributed by atoms with Gasteiger partial charge >= 0.3 is 0 Å². The number of likely N-dealkylation sites (tertiary alicyclic amines) is 1. The second-order valence-electron chi connectivity index (χ2n) is 7.21. The SMILES string of the molecule is CC[C@H](Oc1cccc(OC)c1)C(=O)NCc1ccc(CN2CCCC2)cc1. The number of rotatable bonds is 9. The minimum Gasteiger partial charge on any atom is -0.497 e. The van der Waals surface area contributed by atoms with Crippen LogP contribution in [0.4, 0.5) is 0 Å². The fourth-order valence-corrected chi connectivity index (χ4v) is 3.43. The van der Waals surface area contributed by atoms with Crippen molar-refractivity contribution in [3.63, 3.8) is 0 Å². The third kappa shape index (κ3) is 5.73. The van der Waals surface area contributed by atoms with Crippen molar-refractivity contribution in [2.24, 2.45) is 0 Å². The van der Waals surface area contributed by atoms with Crippen LogP contribution in [0.15, 0.2) is 48.5 Å². The van der Waals surface area contributed by atoms with E-state index in [0.29, 0.717) is 24.5 Å². The summed E-state index contributed by atoms with van der Waals surface area (Å²) in [6, 6.07) is 15.8. The maximum absolute atomic E-state index is 12.5. The summed E-state index contributed by atoms with van der Waals surface area (Å²) < 4.78 is 11.1. The van der Waals surface area contributed by atoms with Gasteiger partial charge in [0, 0.05) is 19.2 Å². The highest BCUT2D eigenvalue weighted by molar-refractivity contribution is 5.81. The third-order valence-electron chi connectivity index (χ3n) is 5.08. The number of carbonyl (C=O) groups is 1. The Morgan fingerprint density at radius 2 is 1.75 bits per heavy atom.